The van der Waals surface area contributed by atoms with E-state index in [0.29, 0.717) is 11.5 Å². The maximum Gasteiger partial charge on any atom is 0.376 e. The number of rotatable bonds is 3. The maximum atomic E-state index is 11.8. The van der Waals surface area contributed by atoms with Gasteiger partial charge in [-0.2, -0.15) is 0 Å². The number of esters is 1. The molecule has 1 unspecified atom stereocenters. The molecule has 1 aromatic heterocycles. The van der Waals surface area contributed by atoms with Gasteiger partial charge in [-0.05, 0) is 6.92 Å². The first kappa shape index (κ1) is 13.9. The zero-order valence-electron chi connectivity index (χ0n) is 11.3. The number of hydrogen-bond donors (Lipinski definition) is 1. The van der Waals surface area contributed by atoms with Gasteiger partial charge in [-0.1, -0.05) is 0 Å². The summed E-state index contributed by atoms with van der Waals surface area (Å²) in [5.74, 6) is -1.04. The van der Waals surface area contributed by atoms with Crippen molar-refractivity contribution in [1.29, 1.82) is 0 Å². The highest BCUT2D eigenvalue weighted by Gasteiger charge is 2.36. The van der Waals surface area contributed by atoms with E-state index in [-0.39, 0.29) is 24.1 Å². The molecule has 2 heterocycles. The molecule has 8 nitrogen and oxygen atoms in total. The minimum absolute atomic E-state index is 0.0614. The van der Waals surface area contributed by atoms with Gasteiger partial charge >= 0.3 is 5.97 Å². The van der Waals surface area contributed by atoms with Gasteiger partial charge in [0.15, 0.2) is 0 Å². The summed E-state index contributed by atoms with van der Waals surface area (Å²) in [5.41, 5.74) is 0.549. The number of carbonyl (C=O) groups excluding carboxylic acids is 3. The highest BCUT2D eigenvalue weighted by molar-refractivity contribution is 6.06. The van der Waals surface area contributed by atoms with E-state index in [1.165, 1.54) is 14.2 Å². The Bertz CT molecular complexity index is 587. The van der Waals surface area contributed by atoms with E-state index in [9.17, 15) is 14.4 Å². The molecule has 8 heteroatoms. The number of likely N-dealkylation sites (tertiary alicyclic amines) is 1. The van der Waals surface area contributed by atoms with Crippen LogP contribution >= 0.6 is 0 Å². The molecule has 1 atom stereocenters. The molecule has 0 bridgehead atoms. The van der Waals surface area contributed by atoms with Gasteiger partial charge in [-0.15, -0.1) is 0 Å². The fourth-order valence-electron chi connectivity index (χ4n) is 1.87. The van der Waals surface area contributed by atoms with Crippen molar-refractivity contribution in [3.8, 4) is 0 Å². The van der Waals surface area contributed by atoms with Crippen molar-refractivity contribution in [2.24, 2.45) is 0 Å². The van der Waals surface area contributed by atoms with E-state index in [1.54, 1.807) is 13.0 Å². The largest absolute Gasteiger partial charge is 0.463 e. The number of nitrogens with one attached hydrogen (secondary N) is 1. The average molecular weight is 278 g/mol. The van der Waals surface area contributed by atoms with Gasteiger partial charge in [0.25, 0.3) is 5.91 Å². The first-order chi connectivity index (χ1) is 9.42. The molecule has 2 amide bonds. The Kier molecular flexibility index (Phi) is 3.64. The molecule has 0 aromatic carbocycles. The molecule has 0 saturated carbocycles. The summed E-state index contributed by atoms with van der Waals surface area (Å²) in [6, 6.07) is 0.912. The lowest BCUT2D eigenvalue weighted by Gasteiger charge is -2.12. The van der Waals surface area contributed by atoms with Crippen LogP contribution in [0.2, 0.25) is 0 Å². The third-order valence-electron chi connectivity index (χ3n) is 2.93. The van der Waals surface area contributed by atoms with Gasteiger partial charge in [0.05, 0.1) is 13.5 Å². The molecule has 0 spiro atoms. The number of anilines is 1. The first-order valence-corrected chi connectivity index (χ1v) is 5.93. The molecule has 0 aliphatic carbocycles. The van der Waals surface area contributed by atoms with Crippen LogP contribution in [0.15, 0.2) is 6.07 Å². The standard InChI is InChI=1S/C12H14N4O4/c1-6-4-8(15-10(13-6)12(19)20-3)14-7-5-9(17)16(2)11(7)18/h4,7H,5H2,1-3H3,(H,13,14,15). The van der Waals surface area contributed by atoms with Crippen molar-refractivity contribution in [2.45, 2.75) is 19.4 Å². The highest BCUT2D eigenvalue weighted by Crippen LogP contribution is 2.16. The van der Waals surface area contributed by atoms with Crippen LogP contribution in [0.1, 0.15) is 22.7 Å². The summed E-state index contributed by atoms with van der Waals surface area (Å²) in [4.78, 5) is 43.6. The number of methoxy groups -OCH3 is 1. The van der Waals surface area contributed by atoms with Crippen molar-refractivity contribution < 1.29 is 19.1 Å². The SMILES string of the molecule is COC(=O)c1nc(C)cc(NC2CC(=O)N(C)C2=O)n1. The molecule has 2 rings (SSSR count). The number of nitrogens with zero attached hydrogens (tertiary/aromatic N) is 3. The fourth-order valence-corrected chi connectivity index (χ4v) is 1.87. The maximum absolute atomic E-state index is 11.8. The minimum atomic E-state index is -0.674. The van der Waals surface area contributed by atoms with Gasteiger partial charge < -0.3 is 10.1 Å². The summed E-state index contributed by atoms with van der Waals surface area (Å²) in [6.07, 6.45) is 0.0614. The van der Waals surface area contributed by atoms with Gasteiger partial charge in [0, 0.05) is 18.8 Å². The van der Waals surface area contributed by atoms with Crippen LogP contribution in [0.5, 0.6) is 0 Å². The second-order valence-corrected chi connectivity index (χ2v) is 4.40. The molecule has 1 aromatic rings. The van der Waals surface area contributed by atoms with Crippen molar-refractivity contribution in [3.05, 3.63) is 17.6 Å². The quantitative estimate of drug-likeness (QED) is 0.600. The van der Waals surface area contributed by atoms with Crippen molar-refractivity contribution in [1.82, 2.24) is 14.9 Å². The number of hydrogen-bond acceptors (Lipinski definition) is 7. The molecule has 1 saturated heterocycles. The Hall–Kier alpha value is -2.51. The lowest BCUT2D eigenvalue weighted by molar-refractivity contribution is -0.136. The van der Waals surface area contributed by atoms with Crippen molar-refractivity contribution in [2.75, 3.05) is 19.5 Å². The molecule has 0 radical (unpaired) electrons. The van der Waals surface area contributed by atoms with Gasteiger partial charge in [-0.25, -0.2) is 14.8 Å². The Morgan fingerprint density at radius 3 is 2.70 bits per heavy atom. The number of aromatic nitrogens is 2. The molecule has 1 fully saturated rings. The predicted molar refractivity (Wildman–Crippen MR) is 67.9 cm³/mol. The van der Waals surface area contributed by atoms with Crippen LogP contribution in [-0.4, -0.2) is 52.9 Å². The molecular weight excluding hydrogens is 264 g/mol. The van der Waals surface area contributed by atoms with Crippen LogP contribution in [-0.2, 0) is 14.3 Å². The topological polar surface area (TPSA) is 101 Å². The van der Waals surface area contributed by atoms with E-state index in [2.05, 4.69) is 20.0 Å². The van der Waals surface area contributed by atoms with E-state index in [4.69, 9.17) is 0 Å². The van der Waals surface area contributed by atoms with Crippen molar-refractivity contribution in [3.63, 3.8) is 0 Å². The second-order valence-electron chi connectivity index (χ2n) is 4.40. The summed E-state index contributed by atoms with van der Waals surface area (Å²) < 4.78 is 4.55. The molecule has 1 aliphatic rings. The van der Waals surface area contributed by atoms with Crippen LogP contribution in [0, 0.1) is 6.92 Å². The fraction of sp³-hybridized carbons (Fsp3) is 0.417. The smallest absolute Gasteiger partial charge is 0.376 e. The monoisotopic (exact) mass is 278 g/mol. The Balaban J connectivity index is 2.22. The molecule has 20 heavy (non-hydrogen) atoms. The predicted octanol–water partition coefficient (Wildman–Crippen LogP) is -0.259. The molecule has 1 aliphatic heterocycles. The second kappa shape index (κ2) is 5.24. The van der Waals surface area contributed by atoms with E-state index in [0.717, 1.165) is 4.90 Å². The third-order valence-corrected chi connectivity index (χ3v) is 2.93. The van der Waals surface area contributed by atoms with Gasteiger partial charge in [-0.3, -0.25) is 14.5 Å². The van der Waals surface area contributed by atoms with Crippen LogP contribution < -0.4 is 5.32 Å². The summed E-state index contributed by atoms with van der Waals surface area (Å²) >= 11 is 0. The number of amides is 2. The zero-order chi connectivity index (χ0) is 14.9. The summed E-state index contributed by atoms with van der Waals surface area (Å²) in [7, 11) is 2.66. The Morgan fingerprint density at radius 1 is 1.45 bits per heavy atom. The number of carbonyl (C=O) groups is 3. The third kappa shape index (κ3) is 2.58. The number of likely N-dealkylation sites (N-methyl/N-ethyl adjacent to an activating group) is 1. The average Bonchev–Trinajstić information content (AvgIpc) is 2.65. The van der Waals surface area contributed by atoms with Gasteiger partial charge in [0.2, 0.25) is 11.7 Å². The first-order valence-electron chi connectivity index (χ1n) is 5.93. The minimum Gasteiger partial charge on any atom is -0.463 e. The van der Waals surface area contributed by atoms with Gasteiger partial charge in [0.1, 0.15) is 11.9 Å². The summed E-state index contributed by atoms with van der Waals surface area (Å²) in [6.45, 7) is 1.69. The Morgan fingerprint density at radius 2 is 2.15 bits per heavy atom. The normalized spacial score (nSPS) is 18.4. The number of ether oxygens (including phenoxy) is 1. The van der Waals surface area contributed by atoms with E-state index >= 15 is 0 Å². The van der Waals surface area contributed by atoms with E-state index < -0.39 is 12.0 Å². The summed E-state index contributed by atoms with van der Waals surface area (Å²) in [5, 5.41) is 2.84. The number of aryl methyl sites for hydroxylation is 1. The molecular formula is C12H14N4O4. The van der Waals surface area contributed by atoms with Crippen LogP contribution in [0.4, 0.5) is 5.82 Å². The van der Waals surface area contributed by atoms with Crippen LogP contribution in [0.25, 0.3) is 0 Å². The zero-order valence-corrected chi connectivity index (χ0v) is 11.3. The Labute approximate surface area is 115 Å². The molecule has 1 N–H and O–H groups in total. The number of imide groups is 1. The van der Waals surface area contributed by atoms with Crippen LogP contribution in [0.3, 0.4) is 0 Å². The lowest BCUT2D eigenvalue weighted by atomic mass is 10.2. The highest BCUT2D eigenvalue weighted by atomic mass is 16.5. The van der Waals surface area contributed by atoms with Crippen molar-refractivity contribution >= 4 is 23.6 Å². The molecule has 106 valence electrons. The lowest BCUT2D eigenvalue weighted by Crippen LogP contribution is -2.32. The van der Waals surface area contributed by atoms with E-state index in [1.807, 2.05) is 0 Å².